The van der Waals surface area contributed by atoms with Crippen LogP contribution in [0, 0.1) is 17.3 Å². The fraction of sp³-hybridized carbons (Fsp3) is 0.826. The lowest BCUT2D eigenvalue weighted by Crippen LogP contribution is -2.54. The van der Waals surface area contributed by atoms with Crippen LogP contribution in [0.4, 0.5) is 4.79 Å². The molecule has 1 amide bonds. The second-order valence-electron chi connectivity index (χ2n) is 10.6. The third-order valence-corrected chi connectivity index (χ3v) is 5.57. The van der Waals surface area contributed by atoms with Crippen LogP contribution in [-0.4, -0.2) is 29.8 Å². The van der Waals surface area contributed by atoms with Crippen molar-refractivity contribution in [2.24, 2.45) is 17.3 Å². The van der Waals surface area contributed by atoms with Crippen molar-refractivity contribution in [2.45, 2.75) is 98.2 Å². The van der Waals surface area contributed by atoms with Gasteiger partial charge in [-0.05, 0) is 79.1 Å². The molecule has 5 nitrogen and oxygen atoms in total. The van der Waals surface area contributed by atoms with Crippen molar-refractivity contribution >= 4 is 12.1 Å². The average Bonchev–Trinajstić information content (AvgIpc) is 2.84. The summed E-state index contributed by atoms with van der Waals surface area (Å²) < 4.78 is 11.0. The highest BCUT2D eigenvalue weighted by molar-refractivity contribution is 5.72. The first-order chi connectivity index (χ1) is 12.8. The van der Waals surface area contributed by atoms with Crippen LogP contribution >= 0.6 is 0 Å². The van der Waals surface area contributed by atoms with Crippen molar-refractivity contribution in [2.75, 3.05) is 6.54 Å². The molecule has 2 aliphatic rings. The Morgan fingerprint density at radius 3 is 2.36 bits per heavy atom. The Kier molecular flexibility index (Phi) is 6.88. The normalized spacial score (nSPS) is 26.8. The van der Waals surface area contributed by atoms with E-state index in [2.05, 4.69) is 18.3 Å². The van der Waals surface area contributed by atoms with E-state index in [4.69, 9.17) is 9.47 Å². The number of carbonyl (C=O) groups excluding carboxylic acids is 2. The molecule has 0 spiro atoms. The first-order valence-electron chi connectivity index (χ1n) is 10.7. The van der Waals surface area contributed by atoms with Crippen LogP contribution in [0.15, 0.2) is 11.6 Å². The van der Waals surface area contributed by atoms with Crippen molar-refractivity contribution < 1.29 is 19.1 Å². The molecule has 160 valence electrons. The van der Waals surface area contributed by atoms with Gasteiger partial charge in [0, 0.05) is 12.0 Å². The first-order valence-corrected chi connectivity index (χ1v) is 10.7. The molecule has 3 atom stereocenters. The molecule has 2 rings (SSSR count). The van der Waals surface area contributed by atoms with Crippen LogP contribution in [-0.2, 0) is 14.3 Å². The minimum atomic E-state index is -0.537. The fourth-order valence-electron chi connectivity index (χ4n) is 4.55. The summed E-state index contributed by atoms with van der Waals surface area (Å²) in [6, 6.07) is 0. The summed E-state index contributed by atoms with van der Waals surface area (Å²) in [4.78, 5) is 24.8. The Labute approximate surface area is 170 Å². The van der Waals surface area contributed by atoms with E-state index >= 15 is 0 Å². The molecule has 5 heteroatoms. The number of hydrogen-bond donors (Lipinski definition) is 1. The Bertz CT molecular complexity index is 611. The lowest BCUT2D eigenvalue weighted by Gasteiger charge is -2.52. The van der Waals surface area contributed by atoms with E-state index in [1.807, 2.05) is 41.5 Å². The lowest BCUT2D eigenvalue weighted by atomic mass is 9.53. The molecule has 1 saturated carbocycles. The fourth-order valence-corrected chi connectivity index (χ4v) is 4.55. The van der Waals surface area contributed by atoms with Gasteiger partial charge in [0.15, 0.2) is 0 Å². The Morgan fingerprint density at radius 1 is 1.14 bits per heavy atom. The van der Waals surface area contributed by atoms with Crippen molar-refractivity contribution in [1.29, 1.82) is 0 Å². The van der Waals surface area contributed by atoms with Gasteiger partial charge in [0.1, 0.15) is 11.2 Å². The number of unbranched alkanes of at least 4 members (excludes halogenated alkanes) is 1. The maximum absolute atomic E-state index is 12.6. The van der Waals surface area contributed by atoms with Gasteiger partial charge in [-0.15, -0.1) is 0 Å². The largest absolute Gasteiger partial charge is 0.460 e. The van der Waals surface area contributed by atoms with Crippen molar-refractivity contribution in [3.8, 4) is 0 Å². The average molecular weight is 394 g/mol. The van der Waals surface area contributed by atoms with E-state index < -0.39 is 17.3 Å². The highest BCUT2D eigenvalue weighted by Gasteiger charge is 2.56. The van der Waals surface area contributed by atoms with Crippen LogP contribution in [0.3, 0.4) is 0 Å². The summed E-state index contributed by atoms with van der Waals surface area (Å²) in [6.45, 7) is 13.9. The van der Waals surface area contributed by atoms with Crippen LogP contribution in [0.25, 0.3) is 0 Å². The molecule has 0 saturated heterocycles. The van der Waals surface area contributed by atoms with Gasteiger partial charge in [-0.2, -0.15) is 0 Å². The standard InChI is InChI=1S/C23H39NO4/c1-8-9-10-16-11-17-13-23(18(17)12-16,14-19(25)27-21(2,3)4)15-24-20(26)28-22(5,6)7/h12,17-18H,8-11,13-15H2,1-7H3,(H,24,26)/t17-,18-,23-/m0/s1. The van der Waals surface area contributed by atoms with Gasteiger partial charge in [0.05, 0.1) is 6.42 Å². The van der Waals surface area contributed by atoms with Gasteiger partial charge in [-0.1, -0.05) is 25.0 Å². The molecule has 1 N–H and O–H groups in total. The second-order valence-corrected chi connectivity index (χ2v) is 10.6. The number of ether oxygens (including phenoxy) is 2. The van der Waals surface area contributed by atoms with Crippen molar-refractivity contribution in [3.05, 3.63) is 11.6 Å². The van der Waals surface area contributed by atoms with Gasteiger partial charge in [0.25, 0.3) is 0 Å². The van der Waals surface area contributed by atoms with Gasteiger partial charge < -0.3 is 14.8 Å². The smallest absolute Gasteiger partial charge is 0.407 e. The number of carbonyl (C=O) groups is 2. The zero-order valence-electron chi connectivity index (χ0n) is 18.8. The summed E-state index contributed by atoms with van der Waals surface area (Å²) in [5, 5.41) is 2.92. The molecule has 0 aromatic carbocycles. The molecular weight excluding hydrogens is 354 g/mol. The summed E-state index contributed by atoms with van der Waals surface area (Å²) in [7, 11) is 0. The maximum Gasteiger partial charge on any atom is 0.407 e. The summed E-state index contributed by atoms with van der Waals surface area (Å²) >= 11 is 0. The predicted molar refractivity (Wildman–Crippen MR) is 111 cm³/mol. The van der Waals surface area contributed by atoms with Crippen LogP contribution in [0.2, 0.25) is 0 Å². The molecule has 0 heterocycles. The Morgan fingerprint density at radius 2 is 1.79 bits per heavy atom. The van der Waals surface area contributed by atoms with Gasteiger partial charge >= 0.3 is 12.1 Å². The molecule has 1 fully saturated rings. The topological polar surface area (TPSA) is 64.6 Å². The minimum Gasteiger partial charge on any atom is -0.460 e. The van der Waals surface area contributed by atoms with Gasteiger partial charge in [-0.25, -0.2) is 4.79 Å². The summed E-state index contributed by atoms with van der Waals surface area (Å²) in [6.07, 6.45) is 7.91. The number of esters is 1. The van der Waals surface area contributed by atoms with Crippen molar-refractivity contribution in [1.82, 2.24) is 5.32 Å². The SMILES string of the molecule is CCCCC1=C[C@H]2[C@@H](C1)C[C@@]2(CNC(=O)OC(C)(C)C)CC(=O)OC(C)(C)C. The predicted octanol–water partition coefficient (Wildman–Crippen LogP) is 5.39. The van der Waals surface area contributed by atoms with E-state index in [9.17, 15) is 9.59 Å². The molecule has 0 bridgehead atoms. The second kappa shape index (κ2) is 8.46. The molecule has 0 aliphatic heterocycles. The zero-order chi connectivity index (χ0) is 21.2. The first kappa shape index (κ1) is 22.8. The molecule has 2 aliphatic carbocycles. The number of nitrogens with one attached hydrogen (secondary N) is 1. The van der Waals surface area contributed by atoms with E-state index in [-0.39, 0.29) is 11.4 Å². The quantitative estimate of drug-likeness (QED) is 0.465. The van der Waals surface area contributed by atoms with E-state index in [1.54, 1.807) is 0 Å². The summed E-state index contributed by atoms with van der Waals surface area (Å²) in [5.41, 5.74) is 0.209. The maximum atomic E-state index is 12.6. The number of rotatable bonds is 7. The molecular formula is C23H39NO4. The highest BCUT2D eigenvalue weighted by atomic mass is 16.6. The Balaban J connectivity index is 2.08. The van der Waals surface area contributed by atoms with Gasteiger partial charge in [0.2, 0.25) is 0 Å². The molecule has 0 aromatic heterocycles. The number of fused-ring (bicyclic) bond motifs is 1. The molecule has 0 aromatic rings. The van der Waals surface area contributed by atoms with E-state index in [0.717, 1.165) is 19.3 Å². The molecule has 28 heavy (non-hydrogen) atoms. The number of amides is 1. The van der Waals surface area contributed by atoms with E-state index in [1.165, 1.54) is 18.4 Å². The Hall–Kier alpha value is -1.52. The third kappa shape index (κ3) is 6.25. The van der Waals surface area contributed by atoms with Crippen molar-refractivity contribution in [3.63, 3.8) is 0 Å². The summed E-state index contributed by atoms with van der Waals surface area (Å²) in [5.74, 6) is 0.740. The third-order valence-electron chi connectivity index (χ3n) is 5.57. The minimum absolute atomic E-state index is 0.188. The van der Waals surface area contributed by atoms with Crippen LogP contribution in [0.5, 0.6) is 0 Å². The molecule has 0 unspecified atom stereocenters. The number of allylic oxidation sites excluding steroid dienone is 2. The number of alkyl carbamates (subject to hydrolysis) is 1. The van der Waals surface area contributed by atoms with Crippen LogP contribution < -0.4 is 5.32 Å². The van der Waals surface area contributed by atoms with E-state index in [0.29, 0.717) is 24.8 Å². The zero-order valence-corrected chi connectivity index (χ0v) is 18.8. The lowest BCUT2D eigenvalue weighted by molar-refractivity contribution is -0.162. The van der Waals surface area contributed by atoms with Crippen LogP contribution in [0.1, 0.15) is 87.0 Å². The highest BCUT2D eigenvalue weighted by Crippen LogP contribution is 2.60. The number of hydrogen-bond acceptors (Lipinski definition) is 4. The molecule has 0 radical (unpaired) electrons. The van der Waals surface area contributed by atoms with Gasteiger partial charge in [-0.3, -0.25) is 4.79 Å². The monoisotopic (exact) mass is 393 g/mol.